The minimum absolute atomic E-state index is 0.376. The van der Waals surface area contributed by atoms with Crippen LogP contribution in [0.2, 0.25) is 0 Å². The first-order valence-electron chi connectivity index (χ1n) is 6.48. The normalized spacial score (nSPS) is 11.4. The van der Waals surface area contributed by atoms with Crippen molar-refractivity contribution in [3.63, 3.8) is 0 Å². The Labute approximate surface area is 116 Å². The summed E-state index contributed by atoms with van der Waals surface area (Å²) in [6, 6.07) is 13.2. The third kappa shape index (κ3) is 3.53. The van der Waals surface area contributed by atoms with Gasteiger partial charge >= 0.3 is 6.18 Å². The van der Waals surface area contributed by atoms with Gasteiger partial charge in [-0.3, -0.25) is 0 Å². The van der Waals surface area contributed by atoms with Gasteiger partial charge in [0.2, 0.25) is 0 Å². The standard InChI is InChI=1S/C16H16F3N/c1-2-13-7-3-4-9-15(13)20-11-12-6-5-8-14(10-12)16(17,18)19/h3-10,20H,2,11H2,1H3. The summed E-state index contributed by atoms with van der Waals surface area (Å²) in [7, 11) is 0. The molecule has 0 fully saturated rings. The van der Waals surface area contributed by atoms with E-state index in [2.05, 4.69) is 5.32 Å². The van der Waals surface area contributed by atoms with Crippen LogP contribution in [0.15, 0.2) is 48.5 Å². The molecule has 0 heterocycles. The molecule has 4 heteroatoms. The molecule has 20 heavy (non-hydrogen) atoms. The number of benzene rings is 2. The Morgan fingerprint density at radius 3 is 2.45 bits per heavy atom. The largest absolute Gasteiger partial charge is 0.416 e. The number of hydrogen-bond donors (Lipinski definition) is 1. The van der Waals surface area contributed by atoms with Crippen molar-refractivity contribution < 1.29 is 13.2 Å². The molecular formula is C16H16F3N. The number of para-hydroxylation sites is 1. The molecule has 0 aliphatic heterocycles. The van der Waals surface area contributed by atoms with E-state index in [9.17, 15) is 13.2 Å². The van der Waals surface area contributed by atoms with E-state index in [0.29, 0.717) is 12.1 Å². The second-order valence-electron chi connectivity index (χ2n) is 4.56. The third-order valence-corrected chi connectivity index (χ3v) is 3.14. The number of halogens is 3. The number of hydrogen-bond acceptors (Lipinski definition) is 1. The molecule has 106 valence electrons. The summed E-state index contributed by atoms with van der Waals surface area (Å²) in [5.74, 6) is 0. The molecule has 0 aromatic heterocycles. The molecule has 0 radical (unpaired) electrons. The Kier molecular flexibility index (Phi) is 4.32. The highest BCUT2D eigenvalue weighted by molar-refractivity contribution is 5.51. The summed E-state index contributed by atoms with van der Waals surface area (Å²) in [6.07, 6.45) is -3.41. The zero-order valence-corrected chi connectivity index (χ0v) is 11.2. The van der Waals surface area contributed by atoms with E-state index in [1.165, 1.54) is 12.1 Å². The van der Waals surface area contributed by atoms with Gasteiger partial charge in [0.25, 0.3) is 0 Å². The van der Waals surface area contributed by atoms with Crippen LogP contribution in [0.25, 0.3) is 0 Å². The average Bonchev–Trinajstić information content (AvgIpc) is 2.45. The van der Waals surface area contributed by atoms with Gasteiger partial charge in [-0.1, -0.05) is 37.3 Å². The summed E-state index contributed by atoms with van der Waals surface area (Å²) >= 11 is 0. The minimum Gasteiger partial charge on any atom is -0.381 e. The molecule has 0 aliphatic rings. The monoisotopic (exact) mass is 279 g/mol. The van der Waals surface area contributed by atoms with Gasteiger partial charge in [-0.05, 0) is 35.7 Å². The first-order chi connectivity index (χ1) is 9.50. The summed E-state index contributed by atoms with van der Waals surface area (Å²) in [5, 5.41) is 3.19. The highest BCUT2D eigenvalue weighted by Crippen LogP contribution is 2.29. The molecule has 2 aromatic carbocycles. The maximum absolute atomic E-state index is 12.6. The molecule has 2 rings (SSSR count). The van der Waals surface area contributed by atoms with E-state index < -0.39 is 11.7 Å². The molecule has 1 N–H and O–H groups in total. The van der Waals surface area contributed by atoms with E-state index >= 15 is 0 Å². The van der Waals surface area contributed by atoms with Crippen molar-refractivity contribution in [3.05, 3.63) is 65.2 Å². The Morgan fingerprint density at radius 2 is 1.75 bits per heavy atom. The van der Waals surface area contributed by atoms with Crippen LogP contribution < -0.4 is 5.32 Å². The molecule has 0 saturated heterocycles. The molecule has 0 unspecified atom stereocenters. The number of alkyl halides is 3. The quantitative estimate of drug-likeness (QED) is 0.841. The molecule has 0 atom stereocenters. The fraction of sp³-hybridized carbons (Fsp3) is 0.250. The van der Waals surface area contributed by atoms with Gasteiger partial charge in [-0.25, -0.2) is 0 Å². The molecule has 2 aromatic rings. The lowest BCUT2D eigenvalue weighted by atomic mass is 10.1. The van der Waals surface area contributed by atoms with Gasteiger partial charge in [0.15, 0.2) is 0 Å². The molecule has 0 saturated carbocycles. The smallest absolute Gasteiger partial charge is 0.381 e. The predicted octanol–water partition coefficient (Wildman–Crippen LogP) is 4.88. The highest BCUT2D eigenvalue weighted by Gasteiger charge is 2.30. The van der Waals surface area contributed by atoms with Crippen LogP contribution in [-0.2, 0) is 19.1 Å². The summed E-state index contributed by atoms with van der Waals surface area (Å²) in [5.41, 5.74) is 2.12. The maximum Gasteiger partial charge on any atom is 0.416 e. The van der Waals surface area contributed by atoms with Crippen LogP contribution in [0.1, 0.15) is 23.6 Å². The van der Waals surface area contributed by atoms with Crippen molar-refractivity contribution in [1.82, 2.24) is 0 Å². The molecule has 1 nitrogen and oxygen atoms in total. The van der Waals surface area contributed by atoms with Gasteiger partial charge in [-0.15, -0.1) is 0 Å². The molecule has 0 amide bonds. The van der Waals surface area contributed by atoms with Crippen LogP contribution in [0.4, 0.5) is 18.9 Å². The van der Waals surface area contributed by atoms with Crippen molar-refractivity contribution in [3.8, 4) is 0 Å². The van der Waals surface area contributed by atoms with Gasteiger partial charge in [-0.2, -0.15) is 13.2 Å². The van der Waals surface area contributed by atoms with E-state index in [1.54, 1.807) is 6.07 Å². The molecule has 0 aliphatic carbocycles. The topological polar surface area (TPSA) is 12.0 Å². The van der Waals surface area contributed by atoms with Crippen LogP contribution in [-0.4, -0.2) is 0 Å². The Balaban J connectivity index is 2.11. The molecule has 0 bridgehead atoms. The lowest BCUT2D eigenvalue weighted by Crippen LogP contribution is -2.07. The summed E-state index contributed by atoms with van der Waals surface area (Å²) in [6.45, 7) is 2.42. The number of aryl methyl sites for hydroxylation is 1. The minimum atomic E-state index is -4.29. The van der Waals surface area contributed by atoms with Crippen molar-refractivity contribution in [2.45, 2.75) is 26.1 Å². The van der Waals surface area contributed by atoms with Crippen molar-refractivity contribution in [2.24, 2.45) is 0 Å². The Bertz CT molecular complexity index is 576. The zero-order valence-electron chi connectivity index (χ0n) is 11.2. The van der Waals surface area contributed by atoms with E-state index in [4.69, 9.17) is 0 Å². The predicted molar refractivity (Wildman–Crippen MR) is 74.6 cm³/mol. The fourth-order valence-electron chi connectivity index (χ4n) is 2.06. The first kappa shape index (κ1) is 14.4. The van der Waals surface area contributed by atoms with E-state index in [1.807, 2.05) is 31.2 Å². The van der Waals surface area contributed by atoms with Crippen molar-refractivity contribution >= 4 is 5.69 Å². The van der Waals surface area contributed by atoms with Crippen LogP contribution >= 0.6 is 0 Å². The highest BCUT2D eigenvalue weighted by atomic mass is 19.4. The fourth-order valence-corrected chi connectivity index (χ4v) is 2.06. The third-order valence-electron chi connectivity index (χ3n) is 3.14. The summed E-state index contributed by atoms with van der Waals surface area (Å²) in [4.78, 5) is 0. The van der Waals surface area contributed by atoms with Crippen LogP contribution in [0.5, 0.6) is 0 Å². The van der Waals surface area contributed by atoms with Crippen LogP contribution in [0.3, 0.4) is 0 Å². The van der Waals surface area contributed by atoms with E-state index in [0.717, 1.165) is 23.7 Å². The Morgan fingerprint density at radius 1 is 1.00 bits per heavy atom. The zero-order chi connectivity index (χ0) is 14.6. The second-order valence-corrected chi connectivity index (χ2v) is 4.56. The lowest BCUT2D eigenvalue weighted by molar-refractivity contribution is -0.137. The SMILES string of the molecule is CCc1ccccc1NCc1cccc(C(F)(F)F)c1. The van der Waals surface area contributed by atoms with E-state index in [-0.39, 0.29) is 0 Å². The van der Waals surface area contributed by atoms with Crippen LogP contribution in [0, 0.1) is 0 Å². The number of rotatable bonds is 4. The molecule has 0 spiro atoms. The van der Waals surface area contributed by atoms with Gasteiger partial charge in [0.05, 0.1) is 5.56 Å². The first-order valence-corrected chi connectivity index (χ1v) is 6.48. The van der Waals surface area contributed by atoms with Gasteiger partial charge in [0, 0.05) is 12.2 Å². The second kappa shape index (κ2) is 5.99. The van der Waals surface area contributed by atoms with Gasteiger partial charge in [0.1, 0.15) is 0 Å². The summed E-state index contributed by atoms with van der Waals surface area (Å²) < 4.78 is 37.9. The Hall–Kier alpha value is -1.97. The number of anilines is 1. The van der Waals surface area contributed by atoms with Crippen molar-refractivity contribution in [1.29, 1.82) is 0 Å². The van der Waals surface area contributed by atoms with Gasteiger partial charge < -0.3 is 5.32 Å². The molecular weight excluding hydrogens is 263 g/mol. The number of nitrogens with one attached hydrogen (secondary N) is 1. The maximum atomic E-state index is 12.6. The average molecular weight is 279 g/mol. The van der Waals surface area contributed by atoms with Crippen molar-refractivity contribution in [2.75, 3.05) is 5.32 Å². The lowest BCUT2D eigenvalue weighted by Gasteiger charge is -2.12.